The highest BCUT2D eigenvalue weighted by Crippen LogP contribution is 2.33. The SMILES string of the molecule is Cc1cc([C@@H](C)Nc2ccc(Cl)nc2C(=N)NO)c2oc(-c3ccc(F)c(F)c3)c(C)c(=O)c2c1. The number of aromatic nitrogens is 1. The second-order valence-electron chi connectivity index (χ2n) is 8.13. The topological polar surface area (TPSA) is 111 Å². The number of halogens is 3. The smallest absolute Gasteiger partial charge is 0.196 e. The Morgan fingerprint density at radius 2 is 1.89 bits per heavy atom. The number of hydrogen-bond donors (Lipinski definition) is 4. The van der Waals surface area contributed by atoms with Crippen LogP contribution in [0.2, 0.25) is 5.15 Å². The fourth-order valence-electron chi connectivity index (χ4n) is 3.91. The Morgan fingerprint density at radius 1 is 1.14 bits per heavy atom. The normalized spacial score (nSPS) is 12.0. The molecule has 4 aromatic rings. The minimum Gasteiger partial charge on any atom is -0.455 e. The molecular weight excluding hydrogens is 478 g/mol. The highest BCUT2D eigenvalue weighted by molar-refractivity contribution is 6.29. The van der Waals surface area contributed by atoms with Gasteiger partial charge in [-0.15, -0.1) is 0 Å². The number of rotatable bonds is 5. The predicted molar refractivity (Wildman–Crippen MR) is 130 cm³/mol. The van der Waals surface area contributed by atoms with E-state index in [1.54, 1.807) is 24.5 Å². The second-order valence-corrected chi connectivity index (χ2v) is 8.52. The first-order valence-corrected chi connectivity index (χ1v) is 10.9. The van der Waals surface area contributed by atoms with E-state index in [-0.39, 0.29) is 44.6 Å². The van der Waals surface area contributed by atoms with E-state index in [0.29, 0.717) is 16.6 Å². The number of amidine groups is 1. The molecule has 0 bridgehead atoms. The third kappa shape index (κ3) is 4.60. The van der Waals surface area contributed by atoms with Gasteiger partial charge in [-0.05, 0) is 62.7 Å². The zero-order valence-corrected chi connectivity index (χ0v) is 19.7. The molecule has 2 aromatic heterocycles. The van der Waals surface area contributed by atoms with Crippen molar-refractivity contribution in [2.24, 2.45) is 0 Å². The lowest BCUT2D eigenvalue weighted by atomic mass is 9.98. The fraction of sp³-hybridized carbons (Fsp3) is 0.160. The van der Waals surface area contributed by atoms with Gasteiger partial charge in [0.15, 0.2) is 22.9 Å². The summed E-state index contributed by atoms with van der Waals surface area (Å²) in [6.07, 6.45) is 0. The van der Waals surface area contributed by atoms with E-state index in [4.69, 9.17) is 21.4 Å². The molecule has 0 radical (unpaired) electrons. The van der Waals surface area contributed by atoms with Crippen molar-refractivity contribution in [3.8, 4) is 11.3 Å². The summed E-state index contributed by atoms with van der Waals surface area (Å²) in [7, 11) is 0. The maximum atomic E-state index is 13.9. The number of fused-ring (bicyclic) bond motifs is 1. The Hall–Kier alpha value is -3.82. The predicted octanol–water partition coefficient (Wildman–Crippen LogP) is 5.88. The first-order chi connectivity index (χ1) is 16.6. The van der Waals surface area contributed by atoms with Crippen molar-refractivity contribution < 1.29 is 18.4 Å². The third-order valence-corrected chi connectivity index (χ3v) is 5.83. The van der Waals surface area contributed by atoms with Crippen LogP contribution in [-0.4, -0.2) is 16.0 Å². The largest absolute Gasteiger partial charge is 0.455 e. The molecule has 35 heavy (non-hydrogen) atoms. The molecule has 0 aliphatic rings. The number of hydroxylamine groups is 1. The van der Waals surface area contributed by atoms with Crippen molar-refractivity contribution in [1.29, 1.82) is 5.41 Å². The number of aryl methyl sites for hydroxylation is 1. The van der Waals surface area contributed by atoms with E-state index in [1.807, 2.05) is 19.9 Å². The lowest BCUT2D eigenvalue weighted by Gasteiger charge is -2.20. The molecule has 0 aliphatic heterocycles. The highest BCUT2D eigenvalue weighted by atomic mass is 35.5. The maximum Gasteiger partial charge on any atom is 0.196 e. The average molecular weight is 499 g/mol. The van der Waals surface area contributed by atoms with Gasteiger partial charge in [0.25, 0.3) is 0 Å². The summed E-state index contributed by atoms with van der Waals surface area (Å²) in [4.78, 5) is 17.3. The monoisotopic (exact) mass is 498 g/mol. The second kappa shape index (κ2) is 9.44. The summed E-state index contributed by atoms with van der Waals surface area (Å²) >= 11 is 5.95. The Kier molecular flexibility index (Phi) is 6.56. The quantitative estimate of drug-likeness (QED) is 0.118. The van der Waals surface area contributed by atoms with E-state index in [1.165, 1.54) is 12.1 Å². The van der Waals surface area contributed by atoms with Gasteiger partial charge in [0.2, 0.25) is 0 Å². The number of anilines is 1. The van der Waals surface area contributed by atoms with Crippen LogP contribution in [0.1, 0.15) is 35.3 Å². The van der Waals surface area contributed by atoms with Gasteiger partial charge in [0.1, 0.15) is 22.2 Å². The van der Waals surface area contributed by atoms with Crippen molar-refractivity contribution in [1.82, 2.24) is 10.5 Å². The van der Waals surface area contributed by atoms with Gasteiger partial charge in [-0.2, -0.15) is 0 Å². The summed E-state index contributed by atoms with van der Waals surface area (Å²) in [6, 6.07) is 9.54. The minimum absolute atomic E-state index is 0.0867. The molecule has 2 heterocycles. The van der Waals surface area contributed by atoms with Crippen LogP contribution in [0.25, 0.3) is 22.3 Å². The summed E-state index contributed by atoms with van der Waals surface area (Å²) in [5.41, 5.74) is 4.17. The molecule has 10 heteroatoms. The van der Waals surface area contributed by atoms with Gasteiger partial charge >= 0.3 is 0 Å². The molecule has 0 saturated heterocycles. The van der Waals surface area contributed by atoms with Gasteiger partial charge < -0.3 is 9.73 Å². The zero-order chi connectivity index (χ0) is 25.4. The molecule has 0 aliphatic carbocycles. The Balaban J connectivity index is 1.88. The third-order valence-electron chi connectivity index (χ3n) is 5.62. The lowest BCUT2D eigenvalue weighted by molar-refractivity contribution is 0.234. The van der Waals surface area contributed by atoms with Crippen molar-refractivity contribution in [3.63, 3.8) is 0 Å². The van der Waals surface area contributed by atoms with Crippen molar-refractivity contribution >= 4 is 34.1 Å². The highest BCUT2D eigenvalue weighted by Gasteiger charge is 2.21. The van der Waals surface area contributed by atoms with Crippen LogP contribution in [0.15, 0.2) is 51.7 Å². The van der Waals surface area contributed by atoms with E-state index < -0.39 is 17.7 Å². The van der Waals surface area contributed by atoms with Crippen molar-refractivity contribution in [2.75, 3.05) is 5.32 Å². The van der Waals surface area contributed by atoms with Crippen LogP contribution in [0.3, 0.4) is 0 Å². The van der Waals surface area contributed by atoms with Crippen molar-refractivity contribution in [2.45, 2.75) is 26.8 Å². The van der Waals surface area contributed by atoms with E-state index in [9.17, 15) is 18.8 Å². The van der Waals surface area contributed by atoms with Gasteiger partial charge in [-0.1, -0.05) is 17.7 Å². The van der Waals surface area contributed by atoms with E-state index in [2.05, 4.69) is 10.3 Å². The van der Waals surface area contributed by atoms with Crippen LogP contribution >= 0.6 is 11.6 Å². The molecule has 7 nitrogen and oxygen atoms in total. The standard InChI is InChI=1S/C25H21ClF2N4O3/c1-11-8-15(13(3)30-19-6-7-20(26)31-21(19)25(29)32-34)24-16(9-11)22(33)12(2)23(35-24)14-4-5-17(27)18(28)10-14/h4-10,13,30,34H,1-3H3,(H2,29,32)/t13-/m1/s1. The lowest BCUT2D eigenvalue weighted by Crippen LogP contribution is -2.22. The summed E-state index contributed by atoms with van der Waals surface area (Å²) in [6.45, 7) is 5.23. The number of pyridine rings is 1. The molecular formula is C25H21ClF2N4O3. The molecule has 2 aromatic carbocycles. The van der Waals surface area contributed by atoms with Crippen LogP contribution < -0.4 is 16.2 Å². The summed E-state index contributed by atoms with van der Waals surface area (Å²) < 4.78 is 33.6. The van der Waals surface area contributed by atoms with Gasteiger partial charge in [0.05, 0.1) is 17.1 Å². The van der Waals surface area contributed by atoms with Gasteiger partial charge in [0, 0.05) is 16.7 Å². The van der Waals surface area contributed by atoms with Crippen molar-refractivity contribution in [3.05, 3.63) is 91.9 Å². The zero-order valence-electron chi connectivity index (χ0n) is 19.0. The first-order valence-electron chi connectivity index (χ1n) is 10.6. The maximum absolute atomic E-state index is 13.9. The first kappa shape index (κ1) is 24.3. The van der Waals surface area contributed by atoms with Crippen LogP contribution in [0.4, 0.5) is 14.5 Å². The fourth-order valence-corrected chi connectivity index (χ4v) is 4.06. The molecule has 1 atom stereocenters. The van der Waals surface area contributed by atoms with Gasteiger partial charge in [-0.25, -0.2) is 13.8 Å². The van der Waals surface area contributed by atoms with E-state index >= 15 is 0 Å². The molecule has 0 fully saturated rings. The Labute approximate surface area is 203 Å². The van der Waals surface area contributed by atoms with Crippen LogP contribution in [0.5, 0.6) is 0 Å². The van der Waals surface area contributed by atoms with Crippen LogP contribution in [0, 0.1) is 30.9 Å². The average Bonchev–Trinajstić information content (AvgIpc) is 2.83. The summed E-state index contributed by atoms with van der Waals surface area (Å²) in [5, 5.41) is 20.8. The molecule has 0 unspecified atom stereocenters. The molecule has 4 rings (SSSR count). The Bertz CT molecular complexity index is 1540. The van der Waals surface area contributed by atoms with E-state index in [0.717, 1.165) is 17.7 Å². The number of benzene rings is 2. The van der Waals surface area contributed by atoms with Gasteiger partial charge in [-0.3, -0.25) is 20.9 Å². The van der Waals surface area contributed by atoms with Crippen LogP contribution in [-0.2, 0) is 0 Å². The number of nitrogens with zero attached hydrogens (tertiary/aromatic N) is 1. The number of hydrogen-bond acceptors (Lipinski definition) is 6. The molecule has 0 spiro atoms. The summed E-state index contributed by atoms with van der Waals surface area (Å²) in [5.74, 6) is -2.27. The molecule has 180 valence electrons. The molecule has 0 saturated carbocycles. The minimum atomic E-state index is -1.05. The Morgan fingerprint density at radius 3 is 2.57 bits per heavy atom. The number of nitrogens with one attached hydrogen (secondary N) is 3. The molecule has 0 amide bonds. The molecule has 4 N–H and O–H groups in total.